The first-order valence-corrected chi connectivity index (χ1v) is 15.1. The van der Waals surface area contributed by atoms with Gasteiger partial charge < -0.3 is 23.7 Å². The highest BCUT2D eigenvalue weighted by Gasteiger charge is 2.03. The first kappa shape index (κ1) is 35.3. The van der Waals surface area contributed by atoms with Crippen molar-refractivity contribution < 1.29 is 28.5 Å². The van der Waals surface area contributed by atoms with Crippen LogP contribution in [0.25, 0.3) is 0 Å². The van der Waals surface area contributed by atoms with Gasteiger partial charge in [0, 0.05) is 19.6 Å². The predicted octanol–water partition coefficient (Wildman–Crippen LogP) is 7.51. The maximum Gasteiger partial charge on any atom is 0.305 e. The van der Waals surface area contributed by atoms with Gasteiger partial charge in [0.2, 0.25) is 0 Å². The molecule has 0 saturated carbocycles. The summed E-state index contributed by atoms with van der Waals surface area (Å²) in [7, 11) is 0. The molecule has 0 aromatic carbocycles. The second-order valence-corrected chi connectivity index (χ2v) is 10.2. The van der Waals surface area contributed by atoms with Crippen LogP contribution in [0, 0.1) is 5.92 Å². The molecule has 0 N–H and O–H groups in total. The fourth-order valence-corrected chi connectivity index (χ4v) is 3.85. The summed E-state index contributed by atoms with van der Waals surface area (Å²) >= 11 is 0. The van der Waals surface area contributed by atoms with Gasteiger partial charge in [-0.25, -0.2) is 0 Å². The monoisotopic (exact) mass is 516 g/mol. The molecule has 6 nitrogen and oxygen atoms in total. The quantitative estimate of drug-likeness (QED) is 0.0727. The molecule has 0 saturated heterocycles. The number of rotatable bonds is 30. The van der Waals surface area contributed by atoms with Gasteiger partial charge in [-0.2, -0.15) is 0 Å². The van der Waals surface area contributed by atoms with E-state index in [2.05, 4.69) is 20.8 Å². The lowest BCUT2D eigenvalue weighted by atomic mass is 10.0. The molecule has 0 unspecified atom stereocenters. The molecule has 0 aromatic rings. The normalized spacial score (nSPS) is 11.4. The van der Waals surface area contributed by atoms with Crippen LogP contribution >= 0.6 is 0 Å². The number of ether oxygens (including phenoxy) is 5. The molecule has 216 valence electrons. The summed E-state index contributed by atoms with van der Waals surface area (Å²) in [6.45, 7) is 11.8. The molecule has 0 radical (unpaired) electrons. The molecule has 6 heteroatoms. The topological polar surface area (TPSA) is 63.2 Å². The van der Waals surface area contributed by atoms with E-state index in [1.54, 1.807) is 0 Å². The second kappa shape index (κ2) is 30.5. The molecule has 0 aliphatic rings. The molecule has 36 heavy (non-hydrogen) atoms. The Hall–Kier alpha value is -0.690. The van der Waals surface area contributed by atoms with Crippen LogP contribution in [0.5, 0.6) is 0 Å². The van der Waals surface area contributed by atoms with E-state index in [0.717, 1.165) is 19.4 Å². The summed E-state index contributed by atoms with van der Waals surface area (Å²) in [4.78, 5) is 11.8. The van der Waals surface area contributed by atoms with Crippen LogP contribution in [0.15, 0.2) is 0 Å². The van der Waals surface area contributed by atoms with Crippen LogP contribution in [0.4, 0.5) is 0 Å². The fourth-order valence-electron chi connectivity index (χ4n) is 3.85. The zero-order chi connectivity index (χ0) is 26.4. The first-order valence-electron chi connectivity index (χ1n) is 15.1. The zero-order valence-electron chi connectivity index (χ0n) is 24.2. The third-order valence-corrected chi connectivity index (χ3v) is 6.00. The van der Waals surface area contributed by atoms with Crippen molar-refractivity contribution in [2.45, 2.75) is 124 Å². The van der Waals surface area contributed by atoms with Crippen molar-refractivity contribution in [1.29, 1.82) is 0 Å². The third-order valence-electron chi connectivity index (χ3n) is 6.00. The van der Waals surface area contributed by atoms with Gasteiger partial charge >= 0.3 is 5.97 Å². The minimum atomic E-state index is -0.112. The Morgan fingerprint density at radius 2 is 0.917 bits per heavy atom. The molecular formula is C30H60O6. The summed E-state index contributed by atoms with van der Waals surface area (Å²) in [5.74, 6) is 0.442. The zero-order valence-corrected chi connectivity index (χ0v) is 24.2. The SMILES string of the molecule is CCCCCCCCCCCCCCCCOC(=O)CCCOCCOCCOCCOCC(C)C. The molecule has 0 atom stereocenters. The van der Waals surface area contributed by atoms with E-state index in [9.17, 15) is 4.79 Å². The second-order valence-electron chi connectivity index (χ2n) is 10.2. The summed E-state index contributed by atoms with van der Waals surface area (Å²) < 4.78 is 27.2. The van der Waals surface area contributed by atoms with Gasteiger partial charge in [0.15, 0.2) is 0 Å². The van der Waals surface area contributed by atoms with E-state index in [-0.39, 0.29) is 5.97 Å². The molecule has 0 spiro atoms. The van der Waals surface area contributed by atoms with Crippen molar-refractivity contribution in [1.82, 2.24) is 0 Å². The molecule has 0 aromatic heterocycles. The molecular weight excluding hydrogens is 456 g/mol. The van der Waals surface area contributed by atoms with E-state index in [1.165, 1.54) is 77.0 Å². The van der Waals surface area contributed by atoms with E-state index < -0.39 is 0 Å². The van der Waals surface area contributed by atoms with Gasteiger partial charge in [-0.15, -0.1) is 0 Å². The molecule has 0 heterocycles. The minimum Gasteiger partial charge on any atom is -0.466 e. The Kier molecular flexibility index (Phi) is 29.9. The van der Waals surface area contributed by atoms with Gasteiger partial charge in [0.25, 0.3) is 0 Å². The molecule has 0 rings (SSSR count). The van der Waals surface area contributed by atoms with E-state index in [4.69, 9.17) is 23.7 Å². The maximum atomic E-state index is 11.8. The number of hydrogen-bond donors (Lipinski definition) is 0. The average molecular weight is 517 g/mol. The Labute approximate surface area is 223 Å². The van der Waals surface area contributed by atoms with E-state index in [1.807, 2.05) is 0 Å². The van der Waals surface area contributed by atoms with E-state index in [0.29, 0.717) is 71.6 Å². The number of esters is 1. The summed E-state index contributed by atoms with van der Waals surface area (Å²) in [6, 6.07) is 0. The Balaban J connectivity index is 3.15. The van der Waals surface area contributed by atoms with Crippen molar-refractivity contribution in [3.63, 3.8) is 0 Å². The number of carbonyl (C=O) groups is 1. The molecule has 0 amide bonds. The lowest BCUT2D eigenvalue weighted by Gasteiger charge is -2.08. The molecule has 0 aliphatic carbocycles. The number of unbranched alkanes of at least 4 members (excludes halogenated alkanes) is 13. The van der Waals surface area contributed by atoms with Crippen LogP contribution in [0.3, 0.4) is 0 Å². The standard InChI is InChI=1S/C30H60O6/c1-4-5-6-7-8-9-10-11-12-13-14-15-16-17-21-36-30(31)19-18-20-32-22-23-33-24-25-34-26-27-35-28-29(2)3/h29H,4-28H2,1-3H3. The molecule has 0 bridgehead atoms. The van der Waals surface area contributed by atoms with Crippen molar-refractivity contribution in [3.8, 4) is 0 Å². The highest BCUT2D eigenvalue weighted by atomic mass is 16.6. The van der Waals surface area contributed by atoms with Gasteiger partial charge in [-0.3, -0.25) is 4.79 Å². The number of carbonyl (C=O) groups excluding carboxylic acids is 1. The van der Waals surface area contributed by atoms with Crippen molar-refractivity contribution >= 4 is 5.97 Å². The van der Waals surface area contributed by atoms with Crippen molar-refractivity contribution in [2.75, 3.05) is 59.5 Å². The minimum absolute atomic E-state index is 0.112. The lowest BCUT2D eigenvalue weighted by molar-refractivity contribution is -0.144. The smallest absolute Gasteiger partial charge is 0.305 e. The molecule has 0 fully saturated rings. The third kappa shape index (κ3) is 31.3. The van der Waals surface area contributed by atoms with Gasteiger partial charge in [0.05, 0.1) is 46.2 Å². The Morgan fingerprint density at radius 1 is 0.500 bits per heavy atom. The maximum absolute atomic E-state index is 11.8. The fraction of sp³-hybridized carbons (Fsp3) is 0.967. The van der Waals surface area contributed by atoms with Gasteiger partial charge in [-0.1, -0.05) is 104 Å². The molecule has 0 aliphatic heterocycles. The largest absolute Gasteiger partial charge is 0.466 e. The van der Waals surface area contributed by atoms with Crippen LogP contribution < -0.4 is 0 Å². The van der Waals surface area contributed by atoms with Gasteiger partial charge in [-0.05, 0) is 18.8 Å². The van der Waals surface area contributed by atoms with E-state index >= 15 is 0 Å². The lowest BCUT2D eigenvalue weighted by Crippen LogP contribution is -2.13. The summed E-state index contributed by atoms with van der Waals surface area (Å²) in [6.07, 6.45) is 19.8. The highest BCUT2D eigenvalue weighted by Crippen LogP contribution is 2.13. The Bertz CT molecular complexity index is 430. The van der Waals surface area contributed by atoms with Gasteiger partial charge in [0.1, 0.15) is 0 Å². The van der Waals surface area contributed by atoms with Crippen molar-refractivity contribution in [2.24, 2.45) is 5.92 Å². The Morgan fingerprint density at radius 3 is 1.39 bits per heavy atom. The predicted molar refractivity (Wildman–Crippen MR) is 149 cm³/mol. The van der Waals surface area contributed by atoms with Crippen LogP contribution in [0.2, 0.25) is 0 Å². The van der Waals surface area contributed by atoms with Crippen molar-refractivity contribution in [3.05, 3.63) is 0 Å². The first-order chi connectivity index (χ1) is 17.7. The highest BCUT2D eigenvalue weighted by molar-refractivity contribution is 5.69. The van der Waals surface area contributed by atoms with Crippen LogP contribution in [0.1, 0.15) is 124 Å². The van der Waals surface area contributed by atoms with Crippen LogP contribution in [-0.2, 0) is 28.5 Å². The summed E-state index contributed by atoms with van der Waals surface area (Å²) in [5.41, 5.74) is 0. The van der Waals surface area contributed by atoms with Crippen LogP contribution in [-0.4, -0.2) is 65.4 Å². The number of hydrogen-bond acceptors (Lipinski definition) is 6. The average Bonchev–Trinajstić information content (AvgIpc) is 2.86. The summed E-state index contributed by atoms with van der Waals surface area (Å²) in [5, 5.41) is 0.